The van der Waals surface area contributed by atoms with Crippen LogP contribution in [0.4, 0.5) is 0 Å². The molecule has 0 saturated carbocycles. The molecule has 0 aliphatic carbocycles. The van der Waals surface area contributed by atoms with E-state index in [0.717, 1.165) is 105 Å². The molecule has 0 amide bonds. The third kappa shape index (κ3) is 5.02. The van der Waals surface area contributed by atoms with Gasteiger partial charge in [0.2, 0.25) is 0 Å². The molecule has 0 bridgehead atoms. The van der Waals surface area contributed by atoms with E-state index in [4.69, 9.17) is 18.8 Å². The summed E-state index contributed by atoms with van der Waals surface area (Å²) in [6.45, 7) is 0. The Hall–Kier alpha value is -7.82. The number of hydrogen-bond donors (Lipinski definition) is 0. The summed E-state index contributed by atoms with van der Waals surface area (Å²) in [6.07, 6.45) is 0. The first-order chi connectivity index (χ1) is 28.8. The second-order valence-electron chi connectivity index (χ2n) is 14.8. The van der Waals surface area contributed by atoms with Gasteiger partial charge >= 0.3 is 0 Å². The number of fused-ring (bicyclic) bond motifs is 8. The minimum Gasteiger partial charge on any atom is -0.455 e. The van der Waals surface area contributed by atoms with E-state index in [1.54, 1.807) is 0 Å². The summed E-state index contributed by atoms with van der Waals surface area (Å²) in [5, 5.41) is 8.76. The van der Waals surface area contributed by atoms with Crippen LogP contribution < -0.4 is 0 Å². The molecule has 0 aliphatic rings. The van der Waals surface area contributed by atoms with Crippen LogP contribution in [0.25, 0.3) is 122 Å². The third-order valence-corrected chi connectivity index (χ3v) is 11.5. The molecular weight excluding hydrogens is 709 g/mol. The minimum atomic E-state index is 0.616. The van der Waals surface area contributed by atoms with Crippen LogP contribution in [0.5, 0.6) is 0 Å². The smallest absolute Gasteiger partial charge is 0.161 e. The van der Waals surface area contributed by atoms with Gasteiger partial charge in [-0.2, -0.15) is 0 Å². The quantitative estimate of drug-likeness (QED) is 0.176. The zero-order valence-electron chi connectivity index (χ0n) is 31.2. The Morgan fingerprint density at radius 1 is 0.328 bits per heavy atom. The summed E-state index contributed by atoms with van der Waals surface area (Å²) in [5.41, 5.74) is 11.9. The van der Waals surface area contributed by atoms with Crippen molar-refractivity contribution < 1.29 is 8.83 Å². The van der Waals surface area contributed by atoms with Crippen molar-refractivity contribution in [2.45, 2.75) is 0 Å². The van der Waals surface area contributed by atoms with Crippen LogP contribution >= 0.6 is 0 Å². The molecule has 12 rings (SSSR count). The SMILES string of the molecule is c1ccc(-c2cccc3ccc(-c4cccc5ccccc45)c(-c4nc(-c5cccc6c5oc5ccccc56)cc(-c5cccc6c5oc5ccccc56)n4)c23)cc1. The Morgan fingerprint density at radius 3 is 1.50 bits per heavy atom. The van der Waals surface area contributed by atoms with Crippen LogP contribution in [-0.2, 0) is 0 Å². The van der Waals surface area contributed by atoms with Crippen LogP contribution in [0.1, 0.15) is 0 Å². The van der Waals surface area contributed by atoms with E-state index in [1.807, 2.05) is 24.3 Å². The van der Waals surface area contributed by atoms with Crippen molar-refractivity contribution in [1.82, 2.24) is 9.97 Å². The molecule has 0 saturated heterocycles. The summed E-state index contributed by atoms with van der Waals surface area (Å²) in [5.74, 6) is 0.616. The molecule has 0 aliphatic heterocycles. The molecule has 4 nitrogen and oxygen atoms in total. The van der Waals surface area contributed by atoms with Crippen LogP contribution in [0.3, 0.4) is 0 Å². The molecule has 9 aromatic carbocycles. The van der Waals surface area contributed by atoms with Crippen LogP contribution in [0.15, 0.2) is 203 Å². The summed E-state index contributed by atoms with van der Waals surface area (Å²) in [7, 11) is 0. The number of hydrogen-bond acceptors (Lipinski definition) is 4. The minimum absolute atomic E-state index is 0.616. The topological polar surface area (TPSA) is 52.1 Å². The Balaban J connectivity index is 1.23. The molecule has 12 aromatic rings. The molecular formula is C54H32N2O2. The molecule has 0 radical (unpaired) electrons. The van der Waals surface area contributed by atoms with Gasteiger partial charge in [-0.05, 0) is 68.7 Å². The monoisotopic (exact) mass is 740 g/mol. The zero-order valence-corrected chi connectivity index (χ0v) is 31.2. The normalized spacial score (nSPS) is 11.8. The van der Waals surface area contributed by atoms with Crippen molar-refractivity contribution in [2.75, 3.05) is 0 Å². The first kappa shape index (κ1) is 32.4. The number of benzene rings is 9. The van der Waals surface area contributed by atoms with Crippen LogP contribution in [0, 0.1) is 0 Å². The number of rotatable bonds is 5. The fourth-order valence-corrected chi connectivity index (χ4v) is 8.89. The third-order valence-electron chi connectivity index (χ3n) is 11.5. The van der Waals surface area contributed by atoms with Crippen LogP contribution in [0.2, 0.25) is 0 Å². The lowest BCUT2D eigenvalue weighted by Crippen LogP contribution is -2.00. The van der Waals surface area contributed by atoms with Gasteiger partial charge in [0, 0.05) is 43.6 Å². The Labute approximate surface area is 333 Å². The maximum absolute atomic E-state index is 6.65. The Bertz CT molecular complexity index is 3440. The van der Waals surface area contributed by atoms with Crippen molar-refractivity contribution in [2.24, 2.45) is 0 Å². The highest BCUT2D eigenvalue weighted by molar-refractivity contribution is 6.14. The Morgan fingerprint density at radius 2 is 0.828 bits per heavy atom. The van der Waals surface area contributed by atoms with Gasteiger partial charge < -0.3 is 8.83 Å². The first-order valence-corrected chi connectivity index (χ1v) is 19.6. The molecule has 0 atom stereocenters. The largest absolute Gasteiger partial charge is 0.455 e. The highest BCUT2D eigenvalue weighted by Gasteiger charge is 2.23. The van der Waals surface area contributed by atoms with Crippen LogP contribution in [-0.4, -0.2) is 9.97 Å². The van der Waals surface area contributed by atoms with Gasteiger partial charge in [-0.1, -0.05) is 164 Å². The molecule has 0 spiro atoms. The van der Waals surface area contributed by atoms with Gasteiger partial charge in [0.15, 0.2) is 5.82 Å². The average Bonchev–Trinajstić information content (AvgIpc) is 3.87. The predicted molar refractivity (Wildman–Crippen MR) is 239 cm³/mol. The summed E-state index contributed by atoms with van der Waals surface area (Å²) >= 11 is 0. The second-order valence-corrected chi connectivity index (χ2v) is 14.8. The van der Waals surface area contributed by atoms with E-state index in [9.17, 15) is 0 Å². The molecule has 3 heterocycles. The van der Waals surface area contributed by atoms with E-state index < -0.39 is 0 Å². The number of aromatic nitrogens is 2. The van der Waals surface area contributed by atoms with Crippen molar-refractivity contribution in [1.29, 1.82) is 0 Å². The van der Waals surface area contributed by atoms with Gasteiger partial charge in [-0.3, -0.25) is 0 Å². The Kier molecular flexibility index (Phi) is 7.20. The van der Waals surface area contributed by atoms with E-state index in [2.05, 4.69) is 170 Å². The van der Waals surface area contributed by atoms with Gasteiger partial charge in [-0.25, -0.2) is 9.97 Å². The maximum atomic E-state index is 6.65. The standard InChI is InChI=1S/C54H32N2O2/c1-2-14-34(15-3-1)37-22-11-18-35-30-31-41(38-23-10-17-33-16-4-5-19-36(33)38)51(50(35)37)54-55-46(44-26-12-24-42-39-20-6-8-28-48(39)57-52(42)44)32-47(56-54)45-27-13-25-43-40-21-7-9-29-49(40)58-53(43)45/h1-32H. The van der Waals surface area contributed by atoms with E-state index >= 15 is 0 Å². The fourth-order valence-electron chi connectivity index (χ4n) is 8.89. The lowest BCUT2D eigenvalue weighted by molar-refractivity contribution is 0.669. The summed E-state index contributed by atoms with van der Waals surface area (Å²) < 4.78 is 13.3. The first-order valence-electron chi connectivity index (χ1n) is 19.6. The summed E-state index contributed by atoms with van der Waals surface area (Å²) in [6, 6.07) is 67.9. The molecule has 0 fully saturated rings. The highest BCUT2D eigenvalue weighted by atomic mass is 16.3. The molecule has 58 heavy (non-hydrogen) atoms. The van der Waals surface area contributed by atoms with Gasteiger partial charge in [-0.15, -0.1) is 0 Å². The van der Waals surface area contributed by atoms with E-state index in [1.165, 1.54) is 10.8 Å². The average molecular weight is 741 g/mol. The lowest BCUT2D eigenvalue weighted by Gasteiger charge is -2.19. The predicted octanol–water partition coefficient (Wildman–Crippen LogP) is 14.9. The van der Waals surface area contributed by atoms with Crippen molar-refractivity contribution in [3.05, 3.63) is 194 Å². The van der Waals surface area contributed by atoms with Crippen molar-refractivity contribution in [3.63, 3.8) is 0 Å². The fraction of sp³-hybridized carbons (Fsp3) is 0. The number of furan rings is 2. The number of nitrogens with zero attached hydrogens (tertiary/aromatic N) is 2. The van der Waals surface area contributed by atoms with Gasteiger partial charge in [0.05, 0.1) is 11.4 Å². The zero-order chi connectivity index (χ0) is 38.2. The highest BCUT2D eigenvalue weighted by Crippen LogP contribution is 2.46. The second kappa shape index (κ2) is 12.9. The van der Waals surface area contributed by atoms with E-state index in [0.29, 0.717) is 5.82 Å². The molecule has 4 heteroatoms. The summed E-state index contributed by atoms with van der Waals surface area (Å²) in [4.78, 5) is 11.2. The van der Waals surface area contributed by atoms with Crippen molar-refractivity contribution >= 4 is 65.4 Å². The molecule has 0 N–H and O–H groups in total. The maximum Gasteiger partial charge on any atom is 0.161 e. The van der Waals surface area contributed by atoms with E-state index in [-0.39, 0.29) is 0 Å². The lowest BCUT2D eigenvalue weighted by atomic mass is 9.87. The molecule has 3 aromatic heterocycles. The number of para-hydroxylation sites is 4. The molecule has 0 unspecified atom stereocenters. The van der Waals surface area contributed by atoms with Gasteiger partial charge in [0.1, 0.15) is 22.3 Å². The van der Waals surface area contributed by atoms with Crippen molar-refractivity contribution in [3.8, 4) is 56.2 Å². The van der Waals surface area contributed by atoms with Gasteiger partial charge in [0.25, 0.3) is 0 Å². The molecule has 270 valence electrons.